The molecule has 0 fully saturated rings. The molecule has 196 valence electrons. The number of aryl methyl sites for hydroxylation is 1. The van der Waals surface area contributed by atoms with E-state index in [2.05, 4.69) is 26.2 Å². The second-order valence-electron chi connectivity index (χ2n) is 9.32. The Morgan fingerprint density at radius 3 is 2.43 bits per heavy atom. The largest absolute Gasteiger partial charge is 0.478 e. The van der Waals surface area contributed by atoms with Crippen molar-refractivity contribution in [1.82, 2.24) is 4.98 Å². The van der Waals surface area contributed by atoms with E-state index in [4.69, 9.17) is 4.74 Å². The number of hydrogen-bond acceptors (Lipinski definition) is 6. The Hall–Kier alpha value is -3.24. The number of carbonyl (C=O) groups is 2. The van der Waals surface area contributed by atoms with Crippen molar-refractivity contribution in [3.63, 3.8) is 0 Å². The number of amides is 1. The van der Waals surface area contributed by atoms with Crippen LogP contribution in [0.15, 0.2) is 58.0 Å². The minimum absolute atomic E-state index is 0.0244. The number of benzene rings is 2. The quantitative estimate of drug-likeness (QED) is 0.321. The number of pyridine rings is 1. The van der Waals surface area contributed by atoms with Crippen molar-refractivity contribution < 1.29 is 27.9 Å². The van der Waals surface area contributed by atoms with Crippen molar-refractivity contribution >= 4 is 43.5 Å². The third kappa shape index (κ3) is 6.95. The topological polar surface area (TPSA) is 123 Å². The van der Waals surface area contributed by atoms with Gasteiger partial charge in [-0.15, -0.1) is 0 Å². The summed E-state index contributed by atoms with van der Waals surface area (Å²) in [6.07, 6.45) is 1.32. The monoisotopic (exact) mass is 588 g/mol. The smallest absolute Gasteiger partial charge is 0.412 e. The molecule has 0 atom stereocenters. The van der Waals surface area contributed by atoms with E-state index in [1.165, 1.54) is 18.2 Å². The third-order valence-electron chi connectivity index (χ3n) is 5.80. The molecule has 3 rings (SSSR count). The minimum Gasteiger partial charge on any atom is -0.478 e. The number of nitrogens with one attached hydrogen (secondary N) is 1. The van der Waals surface area contributed by atoms with Gasteiger partial charge < -0.3 is 9.84 Å². The second kappa shape index (κ2) is 11.0. The molecule has 37 heavy (non-hydrogen) atoms. The standard InChI is InChI=1S/C27H29BrN2O6S/c1-6-37(34,35)20-9-7-8-18(11-20)19-12-21(25(31)32)17(3)23(13-19)30-26(33)36-27(4,5)14-24-22(28)10-16(2)15-29-24/h7-13,15H,6,14H2,1-5H3,(H,30,33)(H,31,32). The number of aromatic carboxylic acids is 1. The fraction of sp³-hybridized carbons (Fsp3) is 0.296. The molecule has 0 aliphatic carbocycles. The average Bonchev–Trinajstić information content (AvgIpc) is 2.81. The number of nitrogens with zero attached hydrogens (tertiary/aromatic N) is 1. The Balaban J connectivity index is 1.91. The van der Waals surface area contributed by atoms with Crippen LogP contribution in [-0.4, -0.2) is 41.9 Å². The van der Waals surface area contributed by atoms with Crippen LogP contribution in [0, 0.1) is 13.8 Å². The molecule has 1 aromatic heterocycles. The predicted molar refractivity (Wildman–Crippen MR) is 146 cm³/mol. The zero-order chi connectivity index (χ0) is 27.5. The van der Waals surface area contributed by atoms with Crippen LogP contribution in [0.3, 0.4) is 0 Å². The van der Waals surface area contributed by atoms with Crippen LogP contribution in [0.2, 0.25) is 0 Å². The first-order valence-electron chi connectivity index (χ1n) is 11.5. The van der Waals surface area contributed by atoms with Crippen LogP contribution in [0.5, 0.6) is 0 Å². The Bertz CT molecular complexity index is 1470. The van der Waals surface area contributed by atoms with Gasteiger partial charge in [-0.05, 0) is 96.2 Å². The first kappa shape index (κ1) is 28.3. The Morgan fingerprint density at radius 1 is 1.11 bits per heavy atom. The fourth-order valence-electron chi connectivity index (χ4n) is 3.79. The van der Waals surface area contributed by atoms with Crippen LogP contribution in [0.4, 0.5) is 10.5 Å². The van der Waals surface area contributed by atoms with Crippen molar-refractivity contribution in [2.75, 3.05) is 11.1 Å². The molecule has 1 amide bonds. The molecule has 0 aliphatic heterocycles. The van der Waals surface area contributed by atoms with E-state index in [0.717, 1.165) is 15.7 Å². The maximum Gasteiger partial charge on any atom is 0.412 e. The van der Waals surface area contributed by atoms with Crippen molar-refractivity contribution in [2.24, 2.45) is 0 Å². The van der Waals surface area contributed by atoms with Crippen LogP contribution < -0.4 is 5.32 Å². The van der Waals surface area contributed by atoms with Crippen molar-refractivity contribution in [1.29, 1.82) is 0 Å². The van der Waals surface area contributed by atoms with Gasteiger partial charge in [0.25, 0.3) is 0 Å². The van der Waals surface area contributed by atoms with E-state index in [-0.39, 0.29) is 21.9 Å². The van der Waals surface area contributed by atoms with Crippen molar-refractivity contribution in [3.05, 3.63) is 75.5 Å². The van der Waals surface area contributed by atoms with Crippen LogP contribution >= 0.6 is 15.9 Å². The maximum atomic E-state index is 12.9. The first-order valence-corrected chi connectivity index (χ1v) is 14.0. The molecule has 2 aromatic carbocycles. The average molecular weight is 590 g/mol. The van der Waals surface area contributed by atoms with E-state index in [1.807, 2.05) is 13.0 Å². The first-order chi connectivity index (χ1) is 17.2. The molecule has 3 aromatic rings. The summed E-state index contributed by atoms with van der Waals surface area (Å²) in [5.74, 6) is -1.24. The van der Waals surface area contributed by atoms with Crippen LogP contribution in [0.25, 0.3) is 11.1 Å². The molecule has 0 saturated heterocycles. The molecule has 2 N–H and O–H groups in total. The van der Waals surface area contributed by atoms with Gasteiger partial charge in [0.05, 0.1) is 21.9 Å². The van der Waals surface area contributed by atoms with E-state index < -0.39 is 27.5 Å². The van der Waals surface area contributed by atoms with Gasteiger partial charge in [0.1, 0.15) is 5.60 Å². The molecular weight excluding hydrogens is 560 g/mol. The highest BCUT2D eigenvalue weighted by Crippen LogP contribution is 2.31. The van der Waals surface area contributed by atoms with Crippen LogP contribution in [0.1, 0.15) is 48.0 Å². The SMILES string of the molecule is CCS(=O)(=O)c1cccc(-c2cc(NC(=O)OC(C)(C)Cc3ncc(C)cc3Br)c(C)c(C(=O)O)c2)c1. The van der Waals surface area contributed by atoms with Gasteiger partial charge >= 0.3 is 12.1 Å². The minimum atomic E-state index is -3.46. The fourth-order valence-corrected chi connectivity index (χ4v) is 5.32. The van der Waals surface area contributed by atoms with E-state index in [1.54, 1.807) is 52.1 Å². The number of rotatable bonds is 8. The summed E-state index contributed by atoms with van der Waals surface area (Å²) >= 11 is 3.49. The molecule has 0 aliphatic rings. The van der Waals surface area contributed by atoms with Gasteiger partial charge in [0.2, 0.25) is 0 Å². The van der Waals surface area contributed by atoms with E-state index in [0.29, 0.717) is 23.1 Å². The Kier molecular flexibility index (Phi) is 8.44. The highest BCUT2D eigenvalue weighted by molar-refractivity contribution is 9.10. The molecule has 0 unspecified atom stereocenters. The Labute approximate surface area is 225 Å². The highest BCUT2D eigenvalue weighted by atomic mass is 79.9. The van der Waals surface area contributed by atoms with Crippen LogP contribution in [-0.2, 0) is 21.0 Å². The summed E-state index contributed by atoms with van der Waals surface area (Å²) in [6.45, 7) is 8.58. The number of carbonyl (C=O) groups excluding carboxylic acids is 1. The number of aromatic nitrogens is 1. The van der Waals surface area contributed by atoms with Gasteiger partial charge in [-0.1, -0.05) is 19.1 Å². The highest BCUT2D eigenvalue weighted by Gasteiger charge is 2.26. The van der Waals surface area contributed by atoms with Gasteiger partial charge in [0.15, 0.2) is 9.84 Å². The molecular formula is C27H29BrN2O6S. The number of hydrogen-bond donors (Lipinski definition) is 2. The van der Waals surface area contributed by atoms with Crippen molar-refractivity contribution in [2.45, 2.75) is 51.5 Å². The normalized spacial score (nSPS) is 11.7. The van der Waals surface area contributed by atoms with E-state index in [9.17, 15) is 23.1 Å². The second-order valence-corrected chi connectivity index (χ2v) is 12.5. The number of halogens is 1. The lowest BCUT2D eigenvalue weighted by Gasteiger charge is -2.26. The zero-order valence-electron chi connectivity index (χ0n) is 21.3. The number of ether oxygens (including phenoxy) is 1. The summed E-state index contributed by atoms with van der Waals surface area (Å²) in [6, 6.07) is 11.3. The number of sulfone groups is 1. The number of carboxylic acids is 1. The lowest BCUT2D eigenvalue weighted by atomic mass is 9.98. The Morgan fingerprint density at radius 2 is 1.81 bits per heavy atom. The molecule has 10 heteroatoms. The summed E-state index contributed by atoms with van der Waals surface area (Å²) in [4.78, 5) is 29.4. The molecule has 0 saturated carbocycles. The van der Waals surface area contributed by atoms with Gasteiger partial charge in [-0.2, -0.15) is 0 Å². The summed E-state index contributed by atoms with van der Waals surface area (Å²) in [7, 11) is -3.46. The van der Waals surface area contributed by atoms with E-state index >= 15 is 0 Å². The lowest BCUT2D eigenvalue weighted by molar-refractivity contribution is 0.0484. The number of anilines is 1. The third-order valence-corrected chi connectivity index (χ3v) is 8.22. The zero-order valence-corrected chi connectivity index (χ0v) is 23.7. The molecule has 1 heterocycles. The summed E-state index contributed by atoms with van der Waals surface area (Å²) in [5.41, 5.74) is 2.32. The van der Waals surface area contributed by atoms with Gasteiger partial charge in [0, 0.05) is 22.8 Å². The van der Waals surface area contributed by atoms with Crippen molar-refractivity contribution in [3.8, 4) is 11.1 Å². The molecule has 8 nitrogen and oxygen atoms in total. The van der Waals surface area contributed by atoms with Gasteiger partial charge in [-0.25, -0.2) is 18.0 Å². The molecule has 0 radical (unpaired) electrons. The summed E-state index contributed by atoms with van der Waals surface area (Å²) in [5, 5.41) is 12.4. The van der Waals surface area contributed by atoms with Gasteiger partial charge in [-0.3, -0.25) is 10.3 Å². The summed E-state index contributed by atoms with van der Waals surface area (Å²) < 4.78 is 31.2. The number of carboxylic acid groups (broad SMARTS) is 1. The maximum absolute atomic E-state index is 12.9. The molecule has 0 bridgehead atoms. The predicted octanol–water partition coefficient (Wildman–Crippen LogP) is 6.19. The molecule has 0 spiro atoms. The lowest BCUT2D eigenvalue weighted by Crippen LogP contribution is -2.33.